The van der Waals surface area contributed by atoms with E-state index in [0.29, 0.717) is 19.4 Å². The Bertz CT molecular complexity index is 724. The molecule has 1 aliphatic heterocycles. The highest BCUT2D eigenvalue weighted by Crippen LogP contribution is 2.67. The highest BCUT2D eigenvalue weighted by molar-refractivity contribution is 8.18. The van der Waals surface area contributed by atoms with Crippen LogP contribution in [0.5, 0.6) is 0 Å². The average Bonchev–Trinajstić information content (AvgIpc) is 3.02. The molecule has 0 bridgehead atoms. The van der Waals surface area contributed by atoms with E-state index in [1.165, 1.54) is 6.42 Å². The van der Waals surface area contributed by atoms with E-state index in [1.807, 2.05) is 37.4 Å². The molecule has 1 saturated heterocycles. The first-order chi connectivity index (χ1) is 13.3. The summed E-state index contributed by atoms with van der Waals surface area (Å²) in [6.07, 6.45) is 5.47. The molecule has 0 aromatic rings. The van der Waals surface area contributed by atoms with Crippen molar-refractivity contribution in [1.29, 1.82) is 0 Å². The van der Waals surface area contributed by atoms with Crippen LogP contribution in [-0.2, 0) is 19.1 Å². The molecule has 1 spiro atoms. The van der Waals surface area contributed by atoms with Crippen LogP contribution in [0.2, 0.25) is 0 Å². The van der Waals surface area contributed by atoms with Crippen LogP contribution in [-0.4, -0.2) is 39.7 Å². The first kappa shape index (κ1) is 20.5. The van der Waals surface area contributed by atoms with Gasteiger partial charge in [0.25, 0.3) is 0 Å². The van der Waals surface area contributed by atoms with Gasteiger partial charge >= 0.3 is 5.97 Å². The number of carbonyl (C=O) groups is 3. The van der Waals surface area contributed by atoms with Gasteiger partial charge < -0.3 is 4.74 Å². The van der Waals surface area contributed by atoms with Gasteiger partial charge in [-0.2, -0.15) is 0 Å². The molecular formula is C22H30O4S2. The molecule has 4 rings (SSSR count). The summed E-state index contributed by atoms with van der Waals surface area (Å²) in [5, 5.41) is 0. The number of hydrogen-bond donors (Lipinski definition) is 0. The van der Waals surface area contributed by atoms with E-state index in [0.717, 1.165) is 29.9 Å². The molecule has 2 saturated carbocycles. The van der Waals surface area contributed by atoms with Crippen molar-refractivity contribution < 1.29 is 19.1 Å². The minimum atomic E-state index is -0.344. The van der Waals surface area contributed by atoms with E-state index in [9.17, 15) is 14.4 Å². The second-order valence-corrected chi connectivity index (χ2v) is 12.2. The summed E-state index contributed by atoms with van der Waals surface area (Å²) < 4.78 is 5.38. The number of ether oxygens (including phenoxy) is 1. The lowest BCUT2D eigenvalue weighted by atomic mass is 9.48. The van der Waals surface area contributed by atoms with E-state index in [4.69, 9.17) is 4.74 Å². The monoisotopic (exact) mass is 422 g/mol. The Hall–Kier alpha value is -0.750. The van der Waals surface area contributed by atoms with Gasteiger partial charge in [-0.25, -0.2) is 0 Å². The number of Topliss-reactive ketones (excluding diaryl/α,β-unsaturated/α-hetero) is 1. The van der Waals surface area contributed by atoms with Crippen molar-refractivity contribution >= 4 is 41.1 Å². The fourth-order valence-corrected chi connectivity index (χ4v) is 9.83. The molecule has 3 aliphatic carbocycles. The Morgan fingerprint density at radius 2 is 1.96 bits per heavy atom. The number of allylic oxidation sites excluding steroid dienone is 2. The molecule has 0 unspecified atom stereocenters. The zero-order chi connectivity index (χ0) is 20.1. The zero-order valence-corrected chi connectivity index (χ0v) is 18.6. The van der Waals surface area contributed by atoms with Crippen molar-refractivity contribution in [3.05, 3.63) is 11.6 Å². The van der Waals surface area contributed by atoms with Gasteiger partial charge in [-0.1, -0.05) is 12.5 Å². The van der Waals surface area contributed by atoms with Crippen LogP contribution >= 0.6 is 23.5 Å². The minimum Gasteiger partial charge on any atom is -0.466 e. The molecule has 154 valence electrons. The second-order valence-electron chi connectivity index (χ2n) is 9.02. The van der Waals surface area contributed by atoms with Gasteiger partial charge in [0, 0.05) is 18.3 Å². The van der Waals surface area contributed by atoms with Gasteiger partial charge in [0.15, 0.2) is 5.78 Å². The fraction of sp³-hybridized carbons (Fsp3) is 0.773. The Morgan fingerprint density at radius 1 is 1.25 bits per heavy atom. The maximum Gasteiger partial charge on any atom is 0.306 e. The number of fused-ring (bicyclic) bond motifs is 3. The molecule has 1 heterocycles. The van der Waals surface area contributed by atoms with E-state index in [-0.39, 0.29) is 50.7 Å². The SMILES string of the molecule is CCOC(=O)C[C@@H]1C(C)=CC(=O)[C@@H]2CC(=O)[C@H]3CC4(C[C@H]3[C@@]12C)SCCCS4. The third-order valence-electron chi connectivity index (χ3n) is 7.63. The molecule has 4 nitrogen and oxygen atoms in total. The van der Waals surface area contributed by atoms with Gasteiger partial charge in [0.2, 0.25) is 0 Å². The van der Waals surface area contributed by atoms with Crippen LogP contribution in [0.3, 0.4) is 0 Å². The molecule has 0 aromatic carbocycles. The van der Waals surface area contributed by atoms with Gasteiger partial charge in [-0.05, 0) is 67.9 Å². The lowest BCUT2D eigenvalue weighted by Gasteiger charge is -2.54. The Morgan fingerprint density at radius 3 is 2.64 bits per heavy atom. The molecule has 0 amide bonds. The summed E-state index contributed by atoms with van der Waals surface area (Å²) in [7, 11) is 0. The van der Waals surface area contributed by atoms with Gasteiger partial charge in [-0.3, -0.25) is 14.4 Å². The second kappa shape index (κ2) is 7.50. The number of hydrogen-bond acceptors (Lipinski definition) is 6. The van der Waals surface area contributed by atoms with Crippen molar-refractivity contribution in [1.82, 2.24) is 0 Å². The molecule has 28 heavy (non-hydrogen) atoms. The summed E-state index contributed by atoms with van der Waals surface area (Å²) in [4.78, 5) is 38.4. The van der Waals surface area contributed by atoms with E-state index in [1.54, 1.807) is 6.08 Å². The van der Waals surface area contributed by atoms with Crippen LogP contribution < -0.4 is 0 Å². The zero-order valence-electron chi connectivity index (χ0n) is 17.0. The van der Waals surface area contributed by atoms with Gasteiger partial charge in [0.05, 0.1) is 17.1 Å². The van der Waals surface area contributed by atoms with Crippen molar-refractivity contribution in [2.75, 3.05) is 18.1 Å². The minimum absolute atomic E-state index is 0.0245. The predicted molar refractivity (Wildman–Crippen MR) is 113 cm³/mol. The molecular weight excluding hydrogens is 392 g/mol. The largest absolute Gasteiger partial charge is 0.466 e. The van der Waals surface area contributed by atoms with Crippen LogP contribution in [0.1, 0.15) is 52.9 Å². The van der Waals surface area contributed by atoms with E-state index >= 15 is 0 Å². The van der Waals surface area contributed by atoms with E-state index in [2.05, 4.69) is 6.92 Å². The lowest BCUT2D eigenvalue weighted by molar-refractivity contribution is -0.153. The van der Waals surface area contributed by atoms with Crippen molar-refractivity contribution in [3.8, 4) is 0 Å². The Kier molecular flexibility index (Phi) is 5.49. The third kappa shape index (κ3) is 3.19. The molecule has 4 aliphatic rings. The number of carbonyl (C=O) groups excluding carboxylic acids is 3. The standard InChI is InChI=1S/C22H30O4S2/c1-4-26-20(25)10-15-13(2)8-19(24)16-9-18(23)14-11-22(27-6-5-7-28-22)12-17(14)21(15,16)3/h8,14-17H,4-7,9-12H2,1-3H3/t14-,15+,16-,17+,21-/m0/s1. The summed E-state index contributed by atoms with van der Waals surface area (Å²) >= 11 is 4.05. The van der Waals surface area contributed by atoms with Crippen molar-refractivity contribution in [3.63, 3.8) is 0 Å². The highest BCUT2D eigenvalue weighted by atomic mass is 32.2. The number of thioether (sulfide) groups is 2. The quantitative estimate of drug-likeness (QED) is 0.633. The van der Waals surface area contributed by atoms with Gasteiger partial charge in [0.1, 0.15) is 5.78 Å². The van der Waals surface area contributed by atoms with Crippen LogP contribution in [0.25, 0.3) is 0 Å². The first-order valence-corrected chi connectivity index (χ1v) is 12.5. The number of rotatable bonds is 3. The van der Waals surface area contributed by atoms with E-state index < -0.39 is 0 Å². The maximum absolute atomic E-state index is 13.1. The molecule has 3 fully saturated rings. The summed E-state index contributed by atoms with van der Waals surface area (Å²) in [6, 6.07) is 0. The molecule has 6 heteroatoms. The molecule has 5 atom stereocenters. The maximum atomic E-state index is 13.1. The summed E-state index contributed by atoms with van der Waals surface area (Å²) in [5.74, 6) is 2.35. The number of esters is 1. The van der Waals surface area contributed by atoms with Crippen molar-refractivity contribution in [2.45, 2.75) is 57.0 Å². The van der Waals surface area contributed by atoms with Crippen molar-refractivity contribution in [2.24, 2.45) is 29.1 Å². The topological polar surface area (TPSA) is 60.4 Å². The smallest absolute Gasteiger partial charge is 0.306 e. The third-order valence-corrected chi connectivity index (χ3v) is 11.0. The normalized spacial score (nSPS) is 39.3. The van der Waals surface area contributed by atoms with Crippen LogP contribution in [0, 0.1) is 29.1 Å². The first-order valence-electron chi connectivity index (χ1n) is 10.5. The fourth-order valence-electron chi connectivity index (χ4n) is 6.31. The molecule has 0 N–H and O–H groups in total. The predicted octanol–water partition coefficient (Wildman–Crippen LogP) is 4.27. The average molecular weight is 423 g/mol. The molecule has 0 radical (unpaired) electrons. The number of ketones is 2. The lowest BCUT2D eigenvalue weighted by Crippen LogP contribution is -2.55. The van der Waals surface area contributed by atoms with Gasteiger partial charge in [-0.15, -0.1) is 23.5 Å². The summed E-state index contributed by atoms with van der Waals surface area (Å²) in [6.45, 7) is 6.36. The van der Waals surface area contributed by atoms with Crippen LogP contribution in [0.15, 0.2) is 11.6 Å². The van der Waals surface area contributed by atoms with Crippen LogP contribution in [0.4, 0.5) is 0 Å². The molecule has 0 aromatic heterocycles. The highest BCUT2D eigenvalue weighted by Gasteiger charge is 2.64. The Balaban J connectivity index is 1.72. The Labute approximate surface area is 176 Å². The summed E-state index contributed by atoms with van der Waals surface area (Å²) in [5.41, 5.74) is 0.637.